The second-order valence-electron chi connectivity index (χ2n) is 11.3. The number of methoxy groups -OCH3 is 2. The summed E-state index contributed by atoms with van der Waals surface area (Å²) in [6, 6.07) is 26.3. The standard InChI is InChI=1S/C38H38N2O5S/c1-24-13-14-28(38-39-30-11-7-8-12-37(30)46-38)21-33(24)43-17-9-6-10-18-44-36-20-27(15-16-32(36)41-4)35-23-31(40-45-35)29-19-25(2)26(3)34(22-29)42-5/h7-8,11-16,19-23H,6,9-10,17-18H2,1-5H3. The van der Waals surface area contributed by atoms with Crippen molar-refractivity contribution in [3.63, 3.8) is 0 Å². The maximum absolute atomic E-state index is 6.19. The highest BCUT2D eigenvalue weighted by Gasteiger charge is 2.15. The third-order valence-electron chi connectivity index (χ3n) is 8.13. The largest absolute Gasteiger partial charge is 0.496 e. The Hall–Kier alpha value is -4.82. The van der Waals surface area contributed by atoms with Crippen molar-refractivity contribution >= 4 is 21.6 Å². The molecule has 0 bridgehead atoms. The van der Waals surface area contributed by atoms with Crippen LogP contribution in [0.2, 0.25) is 0 Å². The molecule has 0 unspecified atom stereocenters. The monoisotopic (exact) mass is 634 g/mol. The summed E-state index contributed by atoms with van der Waals surface area (Å²) in [5.74, 6) is 3.73. The molecular formula is C38H38N2O5S. The number of unbranched alkanes of at least 4 members (excludes halogenated alkanes) is 2. The Kier molecular flexibility index (Phi) is 9.54. The van der Waals surface area contributed by atoms with E-state index in [9.17, 15) is 0 Å². The Morgan fingerprint density at radius 1 is 0.652 bits per heavy atom. The van der Waals surface area contributed by atoms with Crippen molar-refractivity contribution in [2.75, 3.05) is 27.4 Å². The van der Waals surface area contributed by atoms with Gasteiger partial charge < -0.3 is 23.5 Å². The zero-order chi connectivity index (χ0) is 32.0. The lowest BCUT2D eigenvalue weighted by Gasteiger charge is -2.12. The Balaban J connectivity index is 1.02. The molecule has 0 amide bonds. The highest BCUT2D eigenvalue weighted by atomic mass is 32.1. The fourth-order valence-electron chi connectivity index (χ4n) is 5.31. The van der Waals surface area contributed by atoms with E-state index in [-0.39, 0.29) is 0 Å². The zero-order valence-electron chi connectivity index (χ0n) is 26.9. The van der Waals surface area contributed by atoms with Crippen LogP contribution in [0.25, 0.3) is 43.4 Å². The predicted octanol–water partition coefficient (Wildman–Crippen LogP) is 9.86. The van der Waals surface area contributed by atoms with E-state index in [1.165, 1.54) is 4.70 Å². The van der Waals surface area contributed by atoms with Gasteiger partial charge >= 0.3 is 0 Å². The molecule has 0 saturated heterocycles. The van der Waals surface area contributed by atoms with Crippen LogP contribution in [-0.2, 0) is 0 Å². The fraction of sp³-hybridized carbons (Fsp3) is 0.263. The van der Waals surface area contributed by atoms with Gasteiger partial charge in [-0.15, -0.1) is 11.3 Å². The minimum Gasteiger partial charge on any atom is -0.496 e. The van der Waals surface area contributed by atoms with E-state index >= 15 is 0 Å². The van der Waals surface area contributed by atoms with Crippen molar-refractivity contribution in [1.82, 2.24) is 10.1 Å². The van der Waals surface area contributed by atoms with Gasteiger partial charge in [0.1, 0.15) is 22.2 Å². The van der Waals surface area contributed by atoms with Crippen LogP contribution in [0.3, 0.4) is 0 Å². The summed E-state index contributed by atoms with van der Waals surface area (Å²) in [5.41, 5.74) is 8.03. The van der Waals surface area contributed by atoms with E-state index in [1.54, 1.807) is 25.6 Å². The predicted molar refractivity (Wildman–Crippen MR) is 185 cm³/mol. The van der Waals surface area contributed by atoms with E-state index in [0.717, 1.165) is 80.4 Å². The zero-order valence-corrected chi connectivity index (χ0v) is 27.7. The number of hydrogen-bond acceptors (Lipinski definition) is 8. The highest BCUT2D eigenvalue weighted by Crippen LogP contribution is 2.36. The molecule has 2 heterocycles. The first-order valence-electron chi connectivity index (χ1n) is 15.5. The second-order valence-corrected chi connectivity index (χ2v) is 12.3. The Morgan fingerprint density at radius 2 is 1.37 bits per heavy atom. The first kappa shape index (κ1) is 31.2. The molecule has 0 radical (unpaired) electrons. The summed E-state index contributed by atoms with van der Waals surface area (Å²) < 4.78 is 30.4. The minimum absolute atomic E-state index is 0.566. The number of hydrogen-bond donors (Lipinski definition) is 0. The van der Waals surface area contributed by atoms with Crippen LogP contribution in [0, 0.1) is 20.8 Å². The number of benzene rings is 4. The van der Waals surface area contributed by atoms with Crippen LogP contribution in [0.4, 0.5) is 0 Å². The highest BCUT2D eigenvalue weighted by molar-refractivity contribution is 7.21. The average molecular weight is 635 g/mol. The Bertz CT molecular complexity index is 1930. The third-order valence-corrected chi connectivity index (χ3v) is 9.21. The summed E-state index contributed by atoms with van der Waals surface area (Å²) >= 11 is 1.70. The first-order valence-corrected chi connectivity index (χ1v) is 16.3. The van der Waals surface area contributed by atoms with Gasteiger partial charge in [-0.3, -0.25) is 0 Å². The van der Waals surface area contributed by atoms with Crippen molar-refractivity contribution in [3.05, 3.63) is 95.6 Å². The second kappa shape index (κ2) is 14.1. The van der Waals surface area contributed by atoms with Gasteiger partial charge in [-0.05, 0) is 105 Å². The van der Waals surface area contributed by atoms with E-state index in [2.05, 4.69) is 55.4 Å². The molecule has 4 aromatic carbocycles. The smallest absolute Gasteiger partial charge is 0.167 e. The minimum atomic E-state index is 0.566. The van der Waals surface area contributed by atoms with E-state index in [1.807, 2.05) is 49.4 Å². The molecule has 0 spiro atoms. The molecule has 0 saturated carbocycles. The molecular weight excluding hydrogens is 596 g/mol. The van der Waals surface area contributed by atoms with Gasteiger partial charge in [0.25, 0.3) is 0 Å². The Morgan fingerprint density at radius 3 is 2.15 bits per heavy atom. The first-order chi connectivity index (χ1) is 22.4. The molecule has 0 fully saturated rings. The van der Waals surface area contributed by atoms with Crippen molar-refractivity contribution in [2.45, 2.75) is 40.0 Å². The van der Waals surface area contributed by atoms with Crippen LogP contribution in [-0.4, -0.2) is 37.6 Å². The molecule has 0 atom stereocenters. The lowest BCUT2D eigenvalue weighted by Crippen LogP contribution is -2.02. The van der Waals surface area contributed by atoms with Gasteiger partial charge in [0.2, 0.25) is 0 Å². The molecule has 0 aliphatic rings. The lowest BCUT2D eigenvalue weighted by molar-refractivity contribution is 0.269. The summed E-state index contributed by atoms with van der Waals surface area (Å²) in [7, 11) is 3.33. The number of nitrogens with zero attached hydrogens (tertiary/aromatic N) is 2. The van der Waals surface area contributed by atoms with E-state index in [0.29, 0.717) is 30.5 Å². The molecule has 7 nitrogen and oxygen atoms in total. The normalized spacial score (nSPS) is 11.2. The van der Waals surface area contributed by atoms with E-state index in [4.69, 9.17) is 28.5 Å². The van der Waals surface area contributed by atoms with Crippen LogP contribution in [0.15, 0.2) is 83.4 Å². The maximum Gasteiger partial charge on any atom is 0.167 e. The van der Waals surface area contributed by atoms with Crippen LogP contribution >= 0.6 is 11.3 Å². The summed E-state index contributed by atoms with van der Waals surface area (Å²) in [6.07, 6.45) is 2.79. The molecule has 8 heteroatoms. The number of fused-ring (bicyclic) bond motifs is 1. The van der Waals surface area contributed by atoms with Gasteiger partial charge in [0, 0.05) is 22.8 Å². The van der Waals surface area contributed by atoms with Gasteiger partial charge in [-0.1, -0.05) is 29.4 Å². The van der Waals surface area contributed by atoms with Gasteiger partial charge in [-0.2, -0.15) is 0 Å². The van der Waals surface area contributed by atoms with Crippen molar-refractivity contribution in [3.8, 4) is 56.2 Å². The van der Waals surface area contributed by atoms with E-state index < -0.39 is 0 Å². The van der Waals surface area contributed by atoms with Crippen LogP contribution < -0.4 is 18.9 Å². The topological polar surface area (TPSA) is 75.8 Å². The molecule has 0 aliphatic heterocycles. The number of ether oxygens (including phenoxy) is 4. The number of aryl methyl sites for hydroxylation is 2. The summed E-state index contributed by atoms with van der Waals surface area (Å²) in [4.78, 5) is 4.80. The SMILES string of the molecule is COc1ccc(-c2cc(-c3cc(C)c(C)c(OC)c3)no2)cc1OCCCCCOc1cc(-c2nc3ccccc3s2)ccc1C. The lowest BCUT2D eigenvalue weighted by atomic mass is 10.0. The quantitative estimate of drug-likeness (QED) is 0.117. The summed E-state index contributed by atoms with van der Waals surface area (Å²) in [5, 5.41) is 5.33. The average Bonchev–Trinajstić information content (AvgIpc) is 3.74. The van der Waals surface area contributed by atoms with Crippen LogP contribution in [0.1, 0.15) is 36.0 Å². The number of rotatable bonds is 13. The summed E-state index contributed by atoms with van der Waals surface area (Å²) in [6.45, 7) is 7.39. The molecule has 236 valence electrons. The van der Waals surface area contributed by atoms with Gasteiger partial charge in [0.05, 0.1) is 37.6 Å². The van der Waals surface area contributed by atoms with Crippen molar-refractivity contribution < 1.29 is 23.5 Å². The number of thiazole rings is 1. The molecule has 0 aliphatic carbocycles. The van der Waals surface area contributed by atoms with Crippen LogP contribution in [0.5, 0.6) is 23.0 Å². The fourth-order valence-corrected chi connectivity index (χ4v) is 6.27. The van der Waals surface area contributed by atoms with Crippen molar-refractivity contribution in [2.24, 2.45) is 0 Å². The molecule has 2 aromatic heterocycles. The van der Waals surface area contributed by atoms with Gasteiger partial charge in [0.15, 0.2) is 17.3 Å². The molecule has 6 rings (SSSR count). The third kappa shape index (κ3) is 6.87. The van der Waals surface area contributed by atoms with Crippen molar-refractivity contribution in [1.29, 1.82) is 0 Å². The molecule has 46 heavy (non-hydrogen) atoms. The van der Waals surface area contributed by atoms with Gasteiger partial charge in [-0.25, -0.2) is 4.98 Å². The number of para-hydroxylation sites is 1. The molecule has 0 N–H and O–H groups in total. The molecule has 6 aromatic rings. The Labute approximate surface area is 273 Å². The maximum atomic E-state index is 6.19. The number of aromatic nitrogens is 2.